The lowest BCUT2D eigenvalue weighted by atomic mass is 9.99. The number of halogens is 1. The van der Waals surface area contributed by atoms with Crippen molar-refractivity contribution in [3.8, 4) is 28.5 Å². The number of carbonyl (C=O) groups is 1. The topological polar surface area (TPSA) is 65.8 Å². The van der Waals surface area contributed by atoms with E-state index in [-0.39, 0.29) is 5.91 Å². The number of rotatable bonds is 6. The van der Waals surface area contributed by atoms with Crippen molar-refractivity contribution in [2.45, 2.75) is 31.0 Å². The fraction of sp³-hybridized carbons (Fsp3) is 0.138. The van der Waals surface area contributed by atoms with Crippen molar-refractivity contribution in [1.82, 2.24) is 4.98 Å². The van der Waals surface area contributed by atoms with Crippen LogP contribution in [0.25, 0.3) is 22.4 Å². The minimum Gasteiger partial charge on any atom is -0.325 e. The first-order valence-corrected chi connectivity index (χ1v) is 12.4. The van der Waals surface area contributed by atoms with Crippen molar-refractivity contribution >= 4 is 35.0 Å². The first kappa shape index (κ1) is 24.5. The fourth-order valence-electron chi connectivity index (χ4n) is 3.55. The minimum atomic E-state index is -0.470. The maximum atomic E-state index is 12.9. The molecule has 0 aliphatic carbocycles. The number of anilines is 1. The van der Waals surface area contributed by atoms with Crippen molar-refractivity contribution in [2.75, 3.05) is 5.32 Å². The molecular weight excluding hydrogens is 474 g/mol. The maximum Gasteiger partial charge on any atom is 0.237 e. The van der Waals surface area contributed by atoms with Gasteiger partial charge in [-0.2, -0.15) is 5.26 Å². The van der Waals surface area contributed by atoms with Gasteiger partial charge in [-0.05, 0) is 56.7 Å². The summed E-state index contributed by atoms with van der Waals surface area (Å²) in [5.41, 5.74) is 6.73. The van der Waals surface area contributed by atoms with Gasteiger partial charge in [-0.1, -0.05) is 83.0 Å². The quantitative estimate of drug-likeness (QED) is 0.277. The first-order chi connectivity index (χ1) is 16.8. The third-order valence-corrected chi connectivity index (χ3v) is 6.92. The summed E-state index contributed by atoms with van der Waals surface area (Å²) in [6, 6.07) is 27.4. The van der Waals surface area contributed by atoms with E-state index in [1.807, 2.05) is 87.5 Å². The van der Waals surface area contributed by atoms with Crippen molar-refractivity contribution in [3.05, 3.63) is 101 Å². The van der Waals surface area contributed by atoms with E-state index in [4.69, 9.17) is 16.6 Å². The van der Waals surface area contributed by atoms with E-state index < -0.39 is 5.25 Å². The number of hydrogen-bond acceptors (Lipinski definition) is 4. The Balaban J connectivity index is 1.73. The summed E-state index contributed by atoms with van der Waals surface area (Å²) in [5.74, 6) is -0.154. The zero-order valence-corrected chi connectivity index (χ0v) is 21.2. The van der Waals surface area contributed by atoms with Crippen molar-refractivity contribution in [1.29, 1.82) is 5.26 Å². The van der Waals surface area contributed by atoms with Gasteiger partial charge in [-0.15, -0.1) is 0 Å². The van der Waals surface area contributed by atoms with Gasteiger partial charge in [0.25, 0.3) is 0 Å². The lowest BCUT2D eigenvalue weighted by Gasteiger charge is -2.16. The molecule has 1 atom stereocenters. The Bertz CT molecular complexity index is 1390. The van der Waals surface area contributed by atoms with Crippen LogP contribution in [0.1, 0.15) is 23.6 Å². The number of thioether (sulfide) groups is 1. The SMILES string of the molecule is Cc1ccc(NC(=O)[C@@H](C)Sc2nc(-c3ccc(C)cc3)cc(-c3ccc(Cl)cc3)c2C#N)cc1. The highest BCUT2D eigenvalue weighted by molar-refractivity contribution is 8.00. The molecule has 6 heteroatoms. The molecule has 3 aromatic carbocycles. The third kappa shape index (κ3) is 5.92. The average molecular weight is 498 g/mol. The van der Waals surface area contributed by atoms with Crippen LogP contribution in [0, 0.1) is 25.2 Å². The van der Waals surface area contributed by atoms with Gasteiger partial charge in [-0.3, -0.25) is 4.79 Å². The highest BCUT2D eigenvalue weighted by Gasteiger charge is 2.21. The van der Waals surface area contributed by atoms with Gasteiger partial charge in [0, 0.05) is 21.8 Å². The second-order valence-electron chi connectivity index (χ2n) is 8.34. The number of nitrogens with zero attached hydrogens (tertiary/aromatic N) is 2. The molecule has 0 saturated heterocycles. The lowest BCUT2D eigenvalue weighted by molar-refractivity contribution is -0.115. The van der Waals surface area contributed by atoms with Crippen LogP contribution in [0.4, 0.5) is 5.69 Å². The summed E-state index contributed by atoms with van der Waals surface area (Å²) in [4.78, 5) is 17.8. The van der Waals surface area contributed by atoms with Crippen LogP contribution < -0.4 is 5.32 Å². The number of aryl methyl sites for hydroxylation is 2. The molecule has 1 amide bonds. The van der Waals surface area contributed by atoms with Crippen molar-refractivity contribution in [2.24, 2.45) is 0 Å². The number of aromatic nitrogens is 1. The molecule has 0 fully saturated rings. The molecule has 4 nitrogen and oxygen atoms in total. The minimum absolute atomic E-state index is 0.154. The molecule has 174 valence electrons. The van der Waals surface area contributed by atoms with E-state index in [2.05, 4.69) is 11.4 Å². The van der Waals surface area contributed by atoms with Gasteiger partial charge in [-0.25, -0.2) is 4.98 Å². The van der Waals surface area contributed by atoms with Gasteiger partial charge in [0.1, 0.15) is 11.1 Å². The average Bonchev–Trinajstić information content (AvgIpc) is 2.86. The van der Waals surface area contributed by atoms with Crippen molar-refractivity contribution < 1.29 is 4.79 Å². The molecule has 0 aliphatic heterocycles. The molecule has 0 radical (unpaired) electrons. The summed E-state index contributed by atoms with van der Waals surface area (Å²) >= 11 is 7.38. The molecule has 0 unspecified atom stereocenters. The normalized spacial score (nSPS) is 11.5. The maximum absolute atomic E-state index is 12.9. The van der Waals surface area contributed by atoms with E-state index in [0.717, 1.165) is 39.2 Å². The Morgan fingerprint density at radius 3 is 2.11 bits per heavy atom. The third-order valence-electron chi connectivity index (χ3n) is 5.58. The summed E-state index contributed by atoms with van der Waals surface area (Å²) in [7, 11) is 0. The smallest absolute Gasteiger partial charge is 0.237 e. The number of nitriles is 1. The number of carbonyl (C=O) groups excluding carboxylic acids is 1. The molecule has 4 rings (SSSR count). The van der Waals surface area contributed by atoms with Crippen LogP contribution in [-0.2, 0) is 4.79 Å². The Hall–Kier alpha value is -3.59. The number of hydrogen-bond donors (Lipinski definition) is 1. The molecule has 0 bridgehead atoms. The second-order valence-corrected chi connectivity index (χ2v) is 10.1. The highest BCUT2D eigenvalue weighted by atomic mass is 35.5. The van der Waals surface area contributed by atoms with Gasteiger partial charge in [0.05, 0.1) is 16.5 Å². The van der Waals surface area contributed by atoms with Crippen LogP contribution in [-0.4, -0.2) is 16.1 Å². The van der Waals surface area contributed by atoms with Crippen LogP contribution in [0.2, 0.25) is 5.02 Å². The van der Waals surface area contributed by atoms with E-state index in [1.54, 1.807) is 12.1 Å². The monoisotopic (exact) mass is 497 g/mol. The van der Waals surface area contributed by atoms with E-state index in [1.165, 1.54) is 11.8 Å². The summed E-state index contributed by atoms with van der Waals surface area (Å²) in [6.07, 6.45) is 0. The van der Waals surface area contributed by atoms with E-state index in [0.29, 0.717) is 15.6 Å². The zero-order chi connectivity index (χ0) is 24.9. The number of benzene rings is 3. The van der Waals surface area contributed by atoms with E-state index in [9.17, 15) is 10.1 Å². The standard InChI is InChI=1S/C29H24ClN3OS/c1-18-4-8-22(9-5-18)27-16-25(21-10-12-23(30)13-11-21)26(17-31)29(33-27)35-20(3)28(34)32-24-14-6-19(2)7-15-24/h4-16,20H,1-3H3,(H,32,34)/t20-/m1/s1. The zero-order valence-electron chi connectivity index (χ0n) is 19.7. The first-order valence-electron chi connectivity index (χ1n) is 11.2. The summed E-state index contributed by atoms with van der Waals surface area (Å²) < 4.78 is 0. The van der Waals surface area contributed by atoms with Crippen LogP contribution >= 0.6 is 23.4 Å². The molecule has 1 N–H and O–H groups in total. The van der Waals surface area contributed by atoms with E-state index >= 15 is 0 Å². The summed E-state index contributed by atoms with van der Waals surface area (Å²) in [6.45, 7) is 5.85. The Labute approximate surface area is 215 Å². The molecule has 4 aromatic rings. The number of nitrogens with one attached hydrogen (secondary N) is 1. The predicted molar refractivity (Wildman–Crippen MR) is 145 cm³/mol. The molecule has 0 aliphatic rings. The van der Waals surface area contributed by atoms with Gasteiger partial charge in [0.15, 0.2) is 0 Å². The van der Waals surface area contributed by atoms with Crippen LogP contribution in [0.5, 0.6) is 0 Å². The van der Waals surface area contributed by atoms with Crippen LogP contribution in [0.15, 0.2) is 83.9 Å². The molecule has 0 saturated carbocycles. The van der Waals surface area contributed by atoms with Crippen molar-refractivity contribution in [3.63, 3.8) is 0 Å². The molecule has 1 heterocycles. The van der Waals surface area contributed by atoms with Crippen LogP contribution in [0.3, 0.4) is 0 Å². The fourth-order valence-corrected chi connectivity index (χ4v) is 4.60. The largest absolute Gasteiger partial charge is 0.325 e. The molecule has 0 spiro atoms. The van der Waals surface area contributed by atoms with Gasteiger partial charge >= 0.3 is 0 Å². The Morgan fingerprint density at radius 2 is 1.51 bits per heavy atom. The van der Waals surface area contributed by atoms with Gasteiger partial charge in [0.2, 0.25) is 5.91 Å². The van der Waals surface area contributed by atoms with Gasteiger partial charge < -0.3 is 5.32 Å². The molecule has 1 aromatic heterocycles. The summed E-state index contributed by atoms with van der Waals surface area (Å²) in [5, 5.41) is 13.7. The Morgan fingerprint density at radius 1 is 0.943 bits per heavy atom. The highest BCUT2D eigenvalue weighted by Crippen LogP contribution is 2.36. The Kier molecular flexibility index (Phi) is 7.55. The molecule has 35 heavy (non-hydrogen) atoms. The second kappa shape index (κ2) is 10.8. The predicted octanol–water partition coefficient (Wildman–Crippen LogP) is 7.68. The lowest BCUT2D eigenvalue weighted by Crippen LogP contribution is -2.22. The number of pyridine rings is 1. The molecular formula is C29H24ClN3OS. The number of amides is 1.